The monoisotopic (exact) mass is 322 g/mol. The SMILES string of the molecule is Cc1noc(-c2cc3ccccc3nc2N2CCC(C)C(C)C2)n1. The molecule has 4 rings (SSSR count). The molecule has 2 unspecified atom stereocenters. The van der Waals surface area contributed by atoms with E-state index in [1.165, 1.54) is 6.42 Å². The highest BCUT2D eigenvalue weighted by molar-refractivity contribution is 5.87. The molecule has 3 aromatic rings. The molecule has 24 heavy (non-hydrogen) atoms. The molecule has 3 heterocycles. The molecule has 5 heteroatoms. The maximum absolute atomic E-state index is 5.45. The number of para-hydroxylation sites is 1. The van der Waals surface area contributed by atoms with Gasteiger partial charge in [0.25, 0.3) is 5.89 Å². The van der Waals surface area contributed by atoms with Crippen LogP contribution in [0.4, 0.5) is 5.82 Å². The van der Waals surface area contributed by atoms with E-state index >= 15 is 0 Å². The molecule has 1 aromatic carbocycles. The summed E-state index contributed by atoms with van der Waals surface area (Å²) in [6.07, 6.45) is 1.18. The van der Waals surface area contributed by atoms with Crippen LogP contribution in [-0.2, 0) is 0 Å². The molecule has 2 atom stereocenters. The summed E-state index contributed by atoms with van der Waals surface area (Å²) >= 11 is 0. The zero-order valence-electron chi connectivity index (χ0n) is 14.4. The average molecular weight is 322 g/mol. The van der Waals surface area contributed by atoms with E-state index in [1.807, 2.05) is 19.1 Å². The molecule has 5 nitrogen and oxygen atoms in total. The quantitative estimate of drug-likeness (QED) is 0.711. The number of hydrogen-bond donors (Lipinski definition) is 0. The molecule has 0 amide bonds. The molecule has 0 aliphatic carbocycles. The Morgan fingerprint density at radius 3 is 2.71 bits per heavy atom. The fraction of sp³-hybridized carbons (Fsp3) is 0.421. The van der Waals surface area contributed by atoms with Gasteiger partial charge in [0.1, 0.15) is 5.82 Å². The lowest BCUT2D eigenvalue weighted by Crippen LogP contribution is -2.39. The third-order valence-corrected chi connectivity index (χ3v) is 5.10. The molecule has 124 valence electrons. The smallest absolute Gasteiger partial charge is 0.261 e. The summed E-state index contributed by atoms with van der Waals surface area (Å²) in [7, 11) is 0. The highest BCUT2D eigenvalue weighted by Crippen LogP contribution is 2.34. The van der Waals surface area contributed by atoms with Gasteiger partial charge in [-0.3, -0.25) is 0 Å². The Hall–Kier alpha value is -2.43. The second-order valence-electron chi connectivity index (χ2n) is 6.89. The van der Waals surface area contributed by atoms with Crippen molar-refractivity contribution in [3.8, 4) is 11.5 Å². The molecule has 2 aromatic heterocycles. The molecule has 1 aliphatic rings. The average Bonchev–Trinajstić information content (AvgIpc) is 3.02. The van der Waals surface area contributed by atoms with Crippen molar-refractivity contribution in [2.45, 2.75) is 27.2 Å². The molecule has 1 aliphatic heterocycles. The first kappa shape index (κ1) is 15.1. The molecule has 0 saturated carbocycles. The summed E-state index contributed by atoms with van der Waals surface area (Å²) in [6.45, 7) is 8.50. The van der Waals surface area contributed by atoms with Crippen molar-refractivity contribution in [2.75, 3.05) is 18.0 Å². The molecule has 0 N–H and O–H groups in total. The molecule has 0 bridgehead atoms. The van der Waals surface area contributed by atoms with Gasteiger partial charge in [0.2, 0.25) is 0 Å². The summed E-state index contributed by atoms with van der Waals surface area (Å²) in [5.74, 6) is 3.54. The fourth-order valence-electron chi connectivity index (χ4n) is 3.37. The standard InChI is InChI=1S/C19H22N4O/c1-12-8-9-23(11-13(12)2)18-16(19-20-14(3)22-24-19)10-15-6-4-5-7-17(15)21-18/h4-7,10,12-13H,8-9,11H2,1-3H3. The number of aryl methyl sites for hydroxylation is 1. The van der Waals surface area contributed by atoms with E-state index in [9.17, 15) is 0 Å². The first-order valence-electron chi connectivity index (χ1n) is 8.57. The lowest BCUT2D eigenvalue weighted by molar-refractivity contribution is 0.323. The Kier molecular flexibility index (Phi) is 3.71. The summed E-state index contributed by atoms with van der Waals surface area (Å²) in [4.78, 5) is 11.7. The second kappa shape index (κ2) is 5.89. The van der Waals surface area contributed by atoms with Crippen LogP contribution in [0.15, 0.2) is 34.9 Å². The van der Waals surface area contributed by atoms with Crippen LogP contribution < -0.4 is 4.90 Å². The van der Waals surface area contributed by atoms with Gasteiger partial charge in [-0.1, -0.05) is 37.2 Å². The molecule has 0 spiro atoms. The van der Waals surface area contributed by atoms with Gasteiger partial charge in [-0.15, -0.1) is 0 Å². The topological polar surface area (TPSA) is 55.1 Å². The highest BCUT2D eigenvalue weighted by Gasteiger charge is 2.27. The number of anilines is 1. The van der Waals surface area contributed by atoms with E-state index in [-0.39, 0.29) is 0 Å². The van der Waals surface area contributed by atoms with Crippen LogP contribution in [0.5, 0.6) is 0 Å². The number of aromatic nitrogens is 3. The Morgan fingerprint density at radius 2 is 1.96 bits per heavy atom. The van der Waals surface area contributed by atoms with E-state index in [1.54, 1.807) is 0 Å². The van der Waals surface area contributed by atoms with Crippen LogP contribution in [0.2, 0.25) is 0 Å². The largest absolute Gasteiger partial charge is 0.356 e. The van der Waals surface area contributed by atoms with E-state index in [2.05, 4.69) is 47.1 Å². The van der Waals surface area contributed by atoms with Crippen molar-refractivity contribution in [3.05, 3.63) is 36.2 Å². The van der Waals surface area contributed by atoms with E-state index < -0.39 is 0 Å². The highest BCUT2D eigenvalue weighted by atomic mass is 16.5. The van der Waals surface area contributed by atoms with Crippen LogP contribution in [0.25, 0.3) is 22.4 Å². The van der Waals surface area contributed by atoms with Crippen molar-refractivity contribution in [1.82, 2.24) is 15.1 Å². The van der Waals surface area contributed by atoms with Crippen molar-refractivity contribution in [1.29, 1.82) is 0 Å². The third-order valence-electron chi connectivity index (χ3n) is 5.10. The van der Waals surface area contributed by atoms with E-state index in [0.29, 0.717) is 17.6 Å². The number of benzene rings is 1. The minimum atomic E-state index is 0.548. The van der Waals surface area contributed by atoms with Crippen molar-refractivity contribution >= 4 is 16.7 Å². The third kappa shape index (κ3) is 2.64. The fourth-order valence-corrected chi connectivity index (χ4v) is 3.37. The van der Waals surface area contributed by atoms with Gasteiger partial charge < -0.3 is 9.42 Å². The van der Waals surface area contributed by atoms with Gasteiger partial charge in [-0.05, 0) is 37.3 Å². The predicted molar refractivity (Wildman–Crippen MR) is 94.9 cm³/mol. The lowest BCUT2D eigenvalue weighted by atomic mass is 9.88. The van der Waals surface area contributed by atoms with E-state index in [0.717, 1.165) is 41.3 Å². The maximum Gasteiger partial charge on any atom is 0.261 e. The molecule has 1 saturated heterocycles. The van der Waals surface area contributed by atoms with Crippen LogP contribution in [-0.4, -0.2) is 28.2 Å². The Morgan fingerprint density at radius 1 is 1.12 bits per heavy atom. The first-order chi connectivity index (χ1) is 11.6. The minimum Gasteiger partial charge on any atom is -0.356 e. The molecular formula is C19H22N4O. The molecular weight excluding hydrogens is 300 g/mol. The van der Waals surface area contributed by atoms with Gasteiger partial charge in [0, 0.05) is 18.5 Å². The first-order valence-corrected chi connectivity index (χ1v) is 8.57. The summed E-state index contributed by atoms with van der Waals surface area (Å²) in [6, 6.07) is 10.3. The van der Waals surface area contributed by atoms with Gasteiger partial charge in [-0.2, -0.15) is 4.98 Å². The number of pyridine rings is 1. The van der Waals surface area contributed by atoms with Crippen LogP contribution in [0.1, 0.15) is 26.1 Å². The Bertz CT molecular complexity index is 873. The second-order valence-corrected chi connectivity index (χ2v) is 6.89. The van der Waals surface area contributed by atoms with Gasteiger partial charge in [-0.25, -0.2) is 4.98 Å². The summed E-state index contributed by atoms with van der Waals surface area (Å²) < 4.78 is 5.45. The van der Waals surface area contributed by atoms with Crippen molar-refractivity contribution in [2.24, 2.45) is 11.8 Å². The number of piperidine rings is 1. The normalized spacial score (nSPS) is 21.4. The zero-order chi connectivity index (χ0) is 16.7. The zero-order valence-corrected chi connectivity index (χ0v) is 14.4. The van der Waals surface area contributed by atoms with Crippen LogP contribution >= 0.6 is 0 Å². The summed E-state index contributed by atoms with van der Waals surface area (Å²) in [5.41, 5.74) is 1.93. The Labute approximate surface area is 141 Å². The maximum atomic E-state index is 5.45. The molecule has 0 radical (unpaired) electrons. The number of nitrogens with zero attached hydrogens (tertiary/aromatic N) is 4. The van der Waals surface area contributed by atoms with Gasteiger partial charge >= 0.3 is 0 Å². The number of fused-ring (bicyclic) bond motifs is 1. The Balaban J connectivity index is 1.85. The molecule has 1 fully saturated rings. The minimum absolute atomic E-state index is 0.548. The van der Waals surface area contributed by atoms with Crippen LogP contribution in [0.3, 0.4) is 0 Å². The van der Waals surface area contributed by atoms with Crippen molar-refractivity contribution in [3.63, 3.8) is 0 Å². The lowest BCUT2D eigenvalue weighted by Gasteiger charge is -2.36. The predicted octanol–water partition coefficient (Wildman–Crippen LogP) is 4.08. The number of rotatable bonds is 2. The van der Waals surface area contributed by atoms with E-state index in [4.69, 9.17) is 9.51 Å². The summed E-state index contributed by atoms with van der Waals surface area (Å²) in [5, 5.41) is 5.04. The van der Waals surface area contributed by atoms with Crippen LogP contribution in [0, 0.1) is 18.8 Å². The van der Waals surface area contributed by atoms with Gasteiger partial charge in [0.05, 0.1) is 11.1 Å². The van der Waals surface area contributed by atoms with Gasteiger partial charge in [0.15, 0.2) is 5.82 Å². The van der Waals surface area contributed by atoms with Crippen molar-refractivity contribution < 1.29 is 4.52 Å². The number of hydrogen-bond acceptors (Lipinski definition) is 5.